The fourth-order valence-corrected chi connectivity index (χ4v) is 3.67. The van der Waals surface area contributed by atoms with Crippen molar-refractivity contribution in [1.29, 1.82) is 0 Å². The van der Waals surface area contributed by atoms with Crippen LogP contribution in [-0.4, -0.2) is 33.5 Å². The lowest BCUT2D eigenvalue weighted by atomic mass is 9.97. The average molecular weight is 471 g/mol. The SMILES string of the molecule is COC(=O)c1nc(-c2sccc2[N+](=O)[O-])n(Cc2ccccc2)c(=O)c1OC(=O)C(C)(C)C. The summed E-state index contributed by atoms with van der Waals surface area (Å²) in [6, 6.07) is 10.1. The zero-order chi connectivity index (χ0) is 24.3. The maximum Gasteiger partial charge on any atom is 0.360 e. The second-order valence-electron chi connectivity index (χ2n) is 8.01. The zero-order valence-electron chi connectivity index (χ0n) is 18.4. The van der Waals surface area contributed by atoms with Gasteiger partial charge in [0.25, 0.3) is 11.2 Å². The number of nitrogens with zero attached hydrogens (tertiary/aromatic N) is 3. The van der Waals surface area contributed by atoms with E-state index < -0.39 is 39.3 Å². The number of rotatable bonds is 6. The molecule has 0 aliphatic carbocycles. The molecular formula is C22H21N3O7S. The number of carbonyl (C=O) groups excluding carboxylic acids is 2. The number of ether oxygens (including phenoxy) is 2. The number of methoxy groups -OCH3 is 1. The molecule has 0 atom stereocenters. The van der Waals surface area contributed by atoms with Gasteiger partial charge in [0.05, 0.1) is 24.0 Å². The van der Waals surface area contributed by atoms with Gasteiger partial charge in [-0.3, -0.25) is 24.3 Å². The summed E-state index contributed by atoms with van der Waals surface area (Å²) in [4.78, 5) is 53.8. The van der Waals surface area contributed by atoms with E-state index in [4.69, 9.17) is 9.47 Å². The zero-order valence-corrected chi connectivity index (χ0v) is 19.2. The van der Waals surface area contributed by atoms with E-state index in [2.05, 4.69) is 4.98 Å². The van der Waals surface area contributed by atoms with Gasteiger partial charge in [-0.25, -0.2) is 9.78 Å². The molecule has 3 rings (SSSR count). The number of hydrogen-bond donors (Lipinski definition) is 0. The highest BCUT2D eigenvalue weighted by Crippen LogP contribution is 2.35. The fourth-order valence-electron chi connectivity index (χ4n) is 2.81. The molecule has 0 fully saturated rings. The third-order valence-corrected chi connectivity index (χ3v) is 5.44. The summed E-state index contributed by atoms with van der Waals surface area (Å²) in [7, 11) is 1.09. The number of aromatic nitrogens is 2. The molecule has 11 heteroatoms. The van der Waals surface area contributed by atoms with Gasteiger partial charge in [0.15, 0.2) is 11.5 Å². The monoisotopic (exact) mass is 471 g/mol. The van der Waals surface area contributed by atoms with E-state index in [1.165, 1.54) is 11.4 Å². The van der Waals surface area contributed by atoms with Gasteiger partial charge in [0.1, 0.15) is 4.88 Å². The summed E-state index contributed by atoms with van der Waals surface area (Å²) in [6.07, 6.45) is 0. The van der Waals surface area contributed by atoms with E-state index in [-0.39, 0.29) is 22.9 Å². The van der Waals surface area contributed by atoms with E-state index in [9.17, 15) is 24.5 Å². The Hall–Kier alpha value is -3.86. The second kappa shape index (κ2) is 9.33. The van der Waals surface area contributed by atoms with Crippen LogP contribution in [-0.2, 0) is 16.1 Å². The number of nitro groups is 1. The van der Waals surface area contributed by atoms with Crippen molar-refractivity contribution in [3.63, 3.8) is 0 Å². The van der Waals surface area contributed by atoms with E-state index in [1.807, 2.05) is 0 Å². The summed E-state index contributed by atoms with van der Waals surface area (Å²) in [5.41, 5.74) is -1.94. The minimum Gasteiger partial charge on any atom is -0.464 e. The fraction of sp³-hybridized carbons (Fsp3) is 0.273. The lowest BCUT2D eigenvalue weighted by Gasteiger charge is -2.19. The van der Waals surface area contributed by atoms with Crippen molar-refractivity contribution in [2.45, 2.75) is 27.3 Å². The third-order valence-electron chi connectivity index (χ3n) is 4.54. The number of carbonyl (C=O) groups is 2. The minimum absolute atomic E-state index is 0.0292. The minimum atomic E-state index is -1.02. The molecule has 0 radical (unpaired) electrons. The van der Waals surface area contributed by atoms with E-state index in [0.29, 0.717) is 5.56 Å². The Kier molecular flexibility index (Phi) is 6.73. The van der Waals surface area contributed by atoms with Gasteiger partial charge in [0, 0.05) is 6.07 Å². The number of benzene rings is 1. The topological polar surface area (TPSA) is 131 Å². The first-order chi connectivity index (χ1) is 15.5. The third kappa shape index (κ3) is 4.98. The molecule has 0 aliphatic heterocycles. The smallest absolute Gasteiger partial charge is 0.360 e. The van der Waals surface area contributed by atoms with E-state index >= 15 is 0 Å². The molecule has 0 saturated heterocycles. The van der Waals surface area contributed by atoms with Gasteiger partial charge in [-0.1, -0.05) is 30.3 Å². The predicted octanol–water partition coefficient (Wildman–Crippen LogP) is 3.67. The van der Waals surface area contributed by atoms with Gasteiger partial charge >= 0.3 is 11.9 Å². The second-order valence-corrected chi connectivity index (χ2v) is 8.93. The Morgan fingerprint density at radius 1 is 1.18 bits per heavy atom. The molecule has 2 aromatic heterocycles. The molecule has 0 spiro atoms. The van der Waals surface area contributed by atoms with Gasteiger partial charge in [0.2, 0.25) is 5.75 Å². The number of thiophene rings is 1. The molecule has 10 nitrogen and oxygen atoms in total. The van der Waals surface area contributed by atoms with Gasteiger partial charge < -0.3 is 9.47 Å². The highest BCUT2D eigenvalue weighted by molar-refractivity contribution is 7.14. The van der Waals surface area contributed by atoms with Crippen LogP contribution in [0.25, 0.3) is 10.7 Å². The van der Waals surface area contributed by atoms with Crippen LogP contribution < -0.4 is 10.3 Å². The molecule has 0 aliphatic rings. The van der Waals surface area contributed by atoms with Crippen LogP contribution in [0.4, 0.5) is 5.69 Å². The van der Waals surface area contributed by atoms with Crippen molar-refractivity contribution in [3.05, 3.63) is 73.5 Å². The molecule has 0 N–H and O–H groups in total. The number of hydrogen-bond acceptors (Lipinski definition) is 9. The van der Waals surface area contributed by atoms with Crippen molar-refractivity contribution in [1.82, 2.24) is 9.55 Å². The normalized spacial score (nSPS) is 11.2. The molecular weight excluding hydrogens is 450 g/mol. The average Bonchev–Trinajstić information content (AvgIpc) is 3.26. The molecule has 33 heavy (non-hydrogen) atoms. The lowest BCUT2D eigenvalue weighted by molar-refractivity contribution is -0.383. The van der Waals surface area contributed by atoms with Crippen molar-refractivity contribution in [3.8, 4) is 16.5 Å². The predicted molar refractivity (Wildman–Crippen MR) is 120 cm³/mol. The lowest BCUT2D eigenvalue weighted by Crippen LogP contribution is -2.33. The Morgan fingerprint density at radius 3 is 2.42 bits per heavy atom. The summed E-state index contributed by atoms with van der Waals surface area (Å²) >= 11 is 0.993. The quantitative estimate of drug-likeness (QED) is 0.302. The Balaban J connectivity index is 2.33. The highest BCUT2D eigenvalue weighted by atomic mass is 32.1. The molecule has 172 valence electrons. The van der Waals surface area contributed by atoms with E-state index in [0.717, 1.165) is 23.0 Å². The van der Waals surface area contributed by atoms with Crippen LogP contribution in [0.5, 0.6) is 5.75 Å². The Bertz CT molecular complexity index is 1270. The highest BCUT2D eigenvalue weighted by Gasteiger charge is 2.32. The first-order valence-electron chi connectivity index (χ1n) is 9.76. The van der Waals surface area contributed by atoms with Crippen LogP contribution in [0, 0.1) is 15.5 Å². The van der Waals surface area contributed by atoms with Gasteiger partial charge in [-0.2, -0.15) is 0 Å². The van der Waals surface area contributed by atoms with Crippen molar-refractivity contribution in [2.75, 3.05) is 7.11 Å². The molecule has 0 bridgehead atoms. The molecule has 0 amide bonds. The summed E-state index contributed by atoms with van der Waals surface area (Å²) in [5, 5.41) is 13.0. The molecule has 0 unspecified atom stereocenters. The maximum atomic E-state index is 13.5. The number of esters is 2. The van der Waals surface area contributed by atoms with Crippen LogP contribution in [0.3, 0.4) is 0 Å². The van der Waals surface area contributed by atoms with Gasteiger partial charge in [-0.05, 0) is 31.7 Å². The van der Waals surface area contributed by atoms with E-state index in [1.54, 1.807) is 51.1 Å². The molecule has 1 aromatic carbocycles. The summed E-state index contributed by atoms with van der Waals surface area (Å²) in [5.74, 6) is -2.48. The van der Waals surface area contributed by atoms with Crippen molar-refractivity contribution >= 4 is 29.0 Å². The van der Waals surface area contributed by atoms with Crippen molar-refractivity contribution in [2.24, 2.45) is 5.41 Å². The van der Waals surface area contributed by atoms with Gasteiger partial charge in [-0.15, -0.1) is 11.3 Å². The molecule has 0 saturated carbocycles. The first kappa shape index (κ1) is 23.8. The van der Waals surface area contributed by atoms with Crippen molar-refractivity contribution < 1.29 is 24.0 Å². The Labute approximate surface area is 192 Å². The van der Waals surface area contributed by atoms with Crippen LogP contribution >= 0.6 is 11.3 Å². The van der Waals surface area contributed by atoms with Crippen LogP contribution in [0.1, 0.15) is 36.8 Å². The van der Waals surface area contributed by atoms with Crippen LogP contribution in [0.15, 0.2) is 46.6 Å². The summed E-state index contributed by atoms with van der Waals surface area (Å²) in [6.45, 7) is 4.74. The maximum absolute atomic E-state index is 13.5. The summed E-state index contributed by atoms with van der Waals surface area (Å²) < 4.78 is 11.2. The molecule has 3 aromatic rings. The Morgan fingerprint density at radius 2 is 1.85 bits per heavy atom. The largest absolute Gasteiger partial charge is 0.464 e. The van der Waals surface area contributed by atoms with Crippen LogP contribution in [0.2, 0.25) is 0 Å². The first-order valence-corrected chi connectivity index (χ1v) is 10.6. The molecule has 2 heterocycles. The standard InChI is InChI=1S/C22H21N3O7S/c1-22(2,3)21(28)32-16-15(20(27)31-4)23-18(17-14(25(29)30)10-11-33-17)24(19(16)26)12-13-8-6-5-7-9-13/h5-11H,12H2,1-4H3.